The van der Waals surface area contributed by atoms with Gasteiger partial charge in [-0.15, -0.1) is 0 Å². The van der Waals surface area contributed by atoms with Gasteiger partial charge in [-0.2, -0.15) is 0 Å². The molecule has 0 saturated carbocycles. The molecule has 1 aromatic rings. The van der Waals surface area contributed by atoms with Crippen molar-refractivity contribution in [2.24, 2.45) is 5.92 Å². The second-order valence-electron chi connectivity index (χ2n) is 4.87. The van der Waals surface area contributed by atoms with Crippen LogP contribution in [0.3, 0.4) is 0 Å². The van der Waals surface area contributed by atoms with Crippen molar-refractivity contribution in [2.75, 3.05) is 13.2 Å². The summed E-state index contributed by atoms with van der Waals surface area (Å²) in [5.41, 5.74) is 0.760. The maximum Gasteiger partial charge on any atom is 0.123 e. The van der Waals surface area contributed by atoms with Gasteiger partial charge in [-0.05, 0) is 43.1 Å². The highest BCUT2D eigenvalue weighted by molar-refractivity contribution is 6.31. The summed E-state index contributed by atoms with van der Waals surface area (Å²) in [6.45, 7) is 9.57. The van der Waals surface area contributed by atoms with Gasteiger partial charge in [0.1, 0.15) is 5.82 Å². The molecule has 0 amide bonds. The van der Waals surface area contributed by atoms with Gasteiger partial charge in [0.15, 0.2) is 0 Å². The number of hydrogen-bond acceptors (Lipinski definition) is 2. The lowest BCUT2D eigenvalue weighted by molar-refractivity contribution is 0.00314. The predicted octanol–water partition coefficient (Wildman–Crippen LogP) is 4.19. The molecule has 1 rings (SSSR count). The highest BCUT2D eigenvalue weighted by Crippen LogP contribution is 2.30. The minimum atomic E-state index is -0.277. The minimum Gasteiger partial charge on any atom is -0.376 e. The van der Waals surface area contributed by atoms with Gasteiger partial charge in [0.2, 0.25) is 0 Å². The smallest absolute Gasteiger partial charge is 0.123 e. The highest BCUT2D eigenvalue weighted by atomic mass is 35.5. The topological polar surface area (TPSA) is 21.3 Å². The molecule has 0 aliphatic rings. The van der Waals surface area contributed by atoms with Crippen LogP contribution in [0.5, 0.6) is 0 Å². The molecule has 1 N–H and O–H groups in total. The molecule has 2 unspecified atom stereocenters. The van der Waals surface area contributed by atoms with E-state index in [9.17, 15) is 4.39 Å². The molecule has 0 heterocycles. The Kier molecular flexibility index (Phi) is 6.76. The fraction of sp³-hybridized carbons (Fsp3) is 0.600. The van der Waals surface area contributed by atoms with E-state index in [0.29, 0.717) is 17.5 Å². The lowest BCUT2D eigenvalue weighted by Gasteiger charge is -2.31. The molecule has 0 aliphatic heterocycles. The predicted molar refractivity (Wildman–Crippen MR) is 78.1 cm³/mol. The molecule has 1 aromatic carbocycles. The lowest BCUT2D eigenvalue weighted by Crippen LogP contribution is -2.37. The number of hydrogen-bond donors (Lipinski definition) is 1. The van der Waals surface area contributed by atoms with E-state index in [1.807, 2.05) is 13.8 Å². The molecule has 0 saturated heterocycles. The Morgan fingerprint density at radius 1 is 1.32 bits per heavy atom. The van der Waals surface area contributed by atoms with E-state index in [1.165, 1.54) is 12.1 Å². The first-order valence-corrected chi connectivity index (χ1v) is 7.18. The standard InChI is InChI=1S/C15H23ClFNO/c1-5-18-14(15(10(3)4)19-6-2)12-9-11(17)7-8-13(12)16/h7-10,14-15,18H,5-6H2,1-4H3. The lowest BCUT2D eigenvalue weighted by atomic mass is 9.93. The summed E-state index contributed by atoms with van der Waals surface area (Å²) in [7, 11) is 0. The summed E-state index contributed by atoms with van der Waals surface area (Å²) in [6, 6.07) is 4.36. The minimum absolute atomic E-state index is 0.0377. The van der Waals surface area contributed by atoms with Gasteiger partial charge in [0, 0.05) is 11.6 Å². The van der Waals surface area contributed by atoms with Crippen molar-refractivity contribution >= 4 is 11.6 Å². The van der Waals surface area contributed by atoms with Crippen LogP contribution < -0.4 is 5.32 Å². The molecule has 2 nitrogen and oxygen atoms in total. The fourth-order valence-corrected chi connectivity index (χ4v) is 2.48. The van der Waals surface area contributed by atoms with Gasteiger partial charge in [0.25, 0.3) is 0 Å². The largest absolute Gasteiger partial charge is 0.376 e. The van der Waals surface area contributed by atoms with Crippen LogP contribution >= 0.6 is 11.6 Å². The zero-order valence-electron chi connectivity index (χ0n) is 12.0. The van der Waals surface area contributed by atoms with E-state index >= 15 is 0 Å². The third kappa shape index (κ3) is 4.44. The van der Waals surface area contributed by atoms with Crippen molar-refractivity contribution in [1.82, 2.24) is 5.32 Å². The first-order chi connectivity index (χ1) is 9.01. The van der Waals surface area contributed by atoms with Gasteiger partial charge < -0.3 is 10.1 Å². The Morgan fingerprint density at radius 3 is 2.53 bits per heavy atom. The number of ether oxygens (including phenoxy) is 1. The van der Waals surface area contributed by atoms with E-state index in [4.69, 9.17) is 16.3 Å². The molecule has 0 aliphatic carbocycles. The summed E-state index contributed by atoms with van der Waals surface area (Å²) in [6.07, 6.45) is -0.0377. The van der Waals surface area contributed by atoms with Gasteiger partial charge in [0.05, 0.1) is 12.1 Å². The Labute approximate surface area is 120 Å². The normalized spacial score (nSPS) is 14.7. The zero-order valence-corrected chi connectivity index (χ0v) is 12.8. The number of rotatable bonds is 7. The van der Waals surface area contributed by atoms with E-state index in [2.05, 4.69) is 19.2 Å². The van der Waals surface area contributed by atoms with Gasteiger partial charge in [-0.3, -0.25) is 0 Å². The number of nitrogens with one attached hydrogen (secondary N) is 1. The third-order valence-electron chi connectivity index (χ3n) is 3.06. The summed E-state index contributed by atoms with van der Waals surface area (Å²) in [4.78, 5) is 0. The van der Waals surface area contributed by atoms with Crippen LogP contribution in [0.4, 0.5) is 4.39 Å². The molecular weight excluding hydrogens is 265 g/mol. The SMILES string of the molecule is CCNC(c1cc(F)ccc1Cl)C(OCC)C(C)C. The van der Waals surface area contributed by atoms with Crippen molar-refractivity contribution < 1.29 is 9.13 Å². The van der Waals surface area contributed by atoms with Crippen molar-refractivity contribution in [3.05, 3.63) is 34.6 Å². The number of benzene rings is 1. The van der Waals surface area contributed by atoms with Crippen molar-refractivity contribution in [3.8, 4) is 0 Å². The molecule has 0 fully saturated rings. The second kappa shape index (κ2) is 7.83. The Bertz CT molecular complexity index is 398. The quantitative estimate of drug-likeness (QED) is 0.812. The number of halogens is 2. The molecule has 0 aromatic heterocycles. The Morgan fingerprint density at radius 2 is 2.00 bits per heavy atom. The summed E-state index contributed by atoms with van der Waals surface area (Å²) in [5, 5.41) is 3.92. The van der Waals surface area contributed by atoms with Gasteiger partial charge in [-0.25, -0.2) is 4.39 Å². The van der Waals surface area contributed by atoms with E-state index in [0.717, 1.165) is 12.1 Å². The second-order valence-corrected chi connectivity index (χ2v) is 5.27. The average Bonchev–Trinajstić information content (AvgIpc) is 2.36. The van der Waals surface area contributed by atoms with Crippen LogP contribution in [-0.2, 0) is 4.74 Å². The van der Waals surface area contributed by atoms with Crippen molar-refractivity contribution in [1.29, 1.82) is 0 Å². The van der Waals surface area contributed by atoms with Crippen LogP contribution in [0.25, 0.3) is 0 Å². The van der Waals surface area contributed by atoms with E-state index < -0.39 is 0 Å². The summed E-state index contributed by atoms with van der Waals surface area (Å²) >= 11 is 6.21. The van der Waals surface area contributed by atoms with Crippen LogP contribution in [0, 0.1) is 11.7 Å². The molecule has 19 heavy (non-hydrogen) atoms. The molecule has 108 valence electrons. The van der Waals surface area contributed by atoms with E-state index in [1.54, 1.807) is 6.07 Å². The zero-order chi connectivity index (χ0) is 14.4. The van der Waals surface area contributed by atoms with Crippen LogP contribution in [-0.4, -0.2) is 19.3 Å². The van der Waals surface area contributed by atoms with Crippen LogP contribution in [0.2, 0.25) is 5.02 Å². The van der Waals surface area contributed by atoms with Crippen LogP contribution in [0.15, 0.2) is 18.2 Å². The maximum absolute atomic E-state index is 13.5. The van der Waals surface area contributed by atoms with Gasteiger partial charge in [-0.1, -0.05) is 32.4 Å². The van der Waals surface area contributed by atoms with E-state index in [-0.39, 0.29) is 18.0 Å². The molecule has 2 atom stereocenters. The Hall–Kier alpha value is -0.640. The first kappa shape index (κ1) is 16.4. The van der Waals surface area contributed by atoms with Crippen molar-refractivity contribution in [2.45, 2.75) is 39.8 Å². The number of likely N-dealkylation sites (N-methyl/N-ethyl adjacent to an activating group) is 1. The third-order valence-corrected chi connectivity index (χ3v) is 3.41. The first-order valence-electron chi connectivity index (χ1n) is 6.81. The fourth-order valence-electron chi connectivity index (χ4n) is 2.24. The van der Waals surface area contributed by atoms with Crippen LogP contribution in [0.1, 0.15) is 39.3 Å². The van der Waals surface area contributed by atoms with Crippen molar-refractivity contribution in [3.63, 3.8) is 0 Å². The Balaban J connectivity index is 3.13. The highest BCUT2D eigenvalue weighted by Gasteiger charge is 2.27. The maximum atomic E-state index is 13.5. The molecule has 0 bridgehead atoms. The molecule has 0 spiro atoms. The summed E-state index contributed by atoms with van der Waals surface area (Å²) in [5.74, 6) is 0.0321. The molecular formula is C15H23ClFNO. The average molecular weight is 288 g/mol. The summed E-state index contributed by atoms with van der Waals surface area (Å²) < 4.78 is 19.3. The monoisotopic (exact) mass is 287 g/mol. The molecule has 0 radical (unpaired) electrons. The van der Waals surface area contributed by atoms with Gasteiger partial charge >= 0.3 is 0 Å². The molecule has 4 heteroatoms.